The number of benzene rings is 1. The topological polar surface area (TPSA) is 67.4 Å². The summed E-state index contributed by atoms with van der Waals surface area (Å²) >= 11 is 5.94. The minimum absolute atomic E-state index is 0.0486. The fourth-order valence-electron chi connectivity index (χ4n) is 3.43. The van der Waals surface area contributed by atoms with Crippen molar-refractivity contribution in [3.63, 3.8) is 0 Å². The van der Waals surface area contributed by atoms with Gasteiger partial charge in [-0.3, -0.25) is 0 Å². The van der Waals surface area contributed by atoms with Crippen LogP contribution in [-0.4, -0.2) is 18.1 Å². The van der Waals surface area contributed by atoms with Gasteiger partial charge in [0.15, 0.2) is 0 Å². The smallest absolute Gasteiger partial charge is 0.338 e. The molecule has 6 heteroatoms. The normalized spacial score (nSPS) is 26.7. The molecule has 1 heterocycles. The van der Waals surface area contributed by atoms with Crippen molar-refractivity contribution in [3.05, 3.63) is 46.1 Å². The van der Waals surface area contributed by atoms with Crippen molar-refractivity contribution >= 4 is 23.6 Å². The summed E-state index contributed by atoms with van der Waals surface area (Å²) < 4.78 is 5.75. The Balaban J connectivity index is 1.82. The highest BCUT2D eigenvalue weighted by molar-refractivity contribution is 6.30. The van der Waals surface area contributed by atoms with Crippen molar-refractivity contribution in [2.45, 2.75) is 51.7 Å². The molecule has 1 aliphatic carbocycles. The number of carbonyl (C=O) groups excluding carboxylic acids is 2. The predicted molar refractivity (Wildman–Crippen MR) is 96.1 cm³/mol. The van der Waals surface area contributed by atoms with Crippen LogP contribution in [0.15, 0.2) is 35.5 Å². The molecule has 0 saturated heterocycles. The number of hydrogen-bond acceptors (Lipinski definition) is 3. The SMILES string of the molecule is CC1=C(C(=O)OC2CCC(C)CC2)[C@@H](c2ccc(Cl)cc2)NC(=O)N1. The van der Waals surface area contributed by atoms with Crippen LogP contribution in [0.2, 0.25) is 5.02 Å². The first kappa shape index (κ1) is 17.8. The Kier molecular flexibility index (Phi) is 5.33. The summed E-state index contributed by atoms with van der Waals surface area (Å²) in [6, 6.07) is 6.22. The molecule has 25 heavy (non-hydrogen) atoms. The average Bonchev–Trinajstić information content (AvgIpc) is 2.57. The Labute approximate surface area is 152 Å². The molecule has 0 spiro atoms. The van der Waals surface area contributed by atoms with Crippen LogP contribution in [0.4, 0.5) is 4.79 Å². The summed E-state index contributed by atoms with van der Waals surface area (Å²) in [5.74, 6) is 0.317. The highest BCUT2D eigenvalue weighted by atomic mass is 35.5. The van der Waals surface area contributed by atoms with Crippen molar-refractivity contribution in [1.82, 2.24) is 10.6 Å². The molecule has 2 amide bonds. The minimum Gasteiger partial charge on any atom is -0.459 e. The first-order chi connectivity index (χ1) is 11.9. The number of nitrogens with one attached hydrogen (secondary N) is 2. The predicted octanol–water partition coefficient (Wildman–Crippen LogP) is 4.09. The van der Waals surface area contributed by atoms with Crippen LogP contribution in [0.25, 0.3) is 0 Å². The van der Waals surface area contributed by atoms with Crippen molar-refractivity contribution in [2.24, 2.45) is 5.92 Å². The monoisotopic (exact) mass is 362 g/mol. The molecule has 1 aliphatic heterocycles. The fourth-order valence-corrected chi connectivity index (χ4v) is 3.56. The summed E-state index contributed by atoms with van der Waals surface area (Å²) in [6.45, 7) is 3.95. The molecule has 1 fully saturated rings. The van der Waals surface area contributed by atoms with E-state index in [-0.39, 0.29) is 18.1 Å². The Hall–Kier alpha value is -2.01. The fraction of sp³-hybridized carbons (Fsp3) is 0.474. The van der Waals surface area contributed by atoms with Crippen molar-refractivity contribution < 1.29 is 14.3 Å². The standard InChI is InChI=1S/C19H23ClN2O3/c1-11-3-9-15(10-4-11)25-18(23)16-12(2)21-19(24)22-17(16)13-5-7-14(20)8-6-13/h5-8,11,15,17H,3-4,9-10H2,1-2H3,(H2,21,22,24)/t11?,15?,17-/m1/s1. The second kappa shape index (κ2) is 7.48. The lowest BCUT2D eigenvalue weighted by atomic mass is 9.89. The van der Waals surface area contributed by atoms with Gasteiger partial charge in [0.25, 0.3) is 0 Å². The number of rotatable bonds is 3. The van der Waals surface area contributed by atoms with Crippen molar-refractivity contribution in [2.75, 3.05) is 0 Å². The van der Waals surface area contributed by atoms with Crippen LogP contribution in [0.3, 0.4) is 0 Å². The molecule has 0 aromatic heterocycles. The average molecular weight is 363 g/mol. The summed E-state index contributed by atoms with van der Waals surface area (Å²) in [7, 11) is 0. The molecule has 3 rings (SSSR count). The van der Waals surface area contributed by atoms with Gasteiger partial charge in [-0.25, -0.2) is 9.59 Å². The maximum Gasteiger partial charge on any atom is 0.338 e. The second-order valence-corrected chi connectivity index (χ2v) is 7.35. The van der Waals surface area contributed by atoms with E-state index < -0.39 is 6.04 Å². The number of urea groups is 1. The number of hydrogen-bond donors (Lipinski definition) is 2. The number of carbonyl (C=O) groups is 2. The molecular formula is C19H23ClN2O3. The van der Waals surface area contributed by atoms with Gasteiger partial charge in [-0.15, -0.1) is 0 Å². The number of allylic oxidation sites excluding steroid dienone is 1. The molecule has 0 unspecified atom stereocenters. The summed E-state index contributed by atoms with van der Waals surface area (Å²) in [6.07, 6.45) is 3.89. The highest BCUT2D eigenvalue weighted by Crippen LogP contribution is 2.31. The number of amides is 2. The largest absolute Gasteiger partial charge is 0.459 e. The van der Waals surface area contributed by atoms with E-state index >= 15 is 0 Å². The van der Waals surface area contributed by atoms with Gasteiger partial charge in [0.05, 0.1) is 11.6 Å². The molecule has 1 saturated carbocycles. The summed E-state index contributed by atoms with van der Waals surface area (Å²) in [4.78, 5) is 24.7. The quantitative estimate of drug-likeness (QED) is 0.796. The lowest BCUT2D eigenvalue weighted by Gasteiger charge is -2.31. The maximum absolute atomic E-state index is 12.8. The molecule has 1 aromatic carbocycles. The molecule has 2 N–H and O–H groups in total. The van der Waals surface area contributed by atoms with Gasteiger partial charge in [0, 0.05) is 10.7 Å². The van der Waals surface area contributed by atoms with E-state index in [0.717, 1.165) is 31.2 Å². The second-order valence-electron chi connectivity index (χ2n) is 6.91. The lowest BCUT2D eigenvalue weighted by Crippen LogP contribution is -2.45. The Morgan fingerprint density at radius 2 is 1.80 bits per heavy atom. The number of halogens is 1. The molecule has 5 nitrogen and oxygen atoms in total. The third-order valence-corrected chi connectivity index (χ3v) is 5.18. The molecule has 0 bridgehead atoms. The van der Waals surface area contributed by atoms with E-state index in [0.29, 0.717) is 22.2 Å². The van der Waals surface area contributed by atoms with E-state index in [1.807, 2.05) is 0 Å². The van der Waals surface area contributed by atoms with Gasteiger partial charge in [0.1, 0.15) is 6.10 Å². The van der Waals surface area contributed by atoms with Crippen molar-refractivity contribution in [1.29, 1.82) is 0 Å². The van der Waals surface area contributed by atoms with Crippen LogP contribution in [0.1, 0.15) is 51.1 Å². The van der Waals surface area contributed by atoms with E-state index in [1.165, 1.54) is 0 Å². The molecule has 1 aromatic rings. The van der Waals surface area contributed by atoms with Crippen LogP contribution in [0, 0.1) is 5.92 Å². The van der Waals surface area contributed by atoms with E-state index in [4.69, 9.17) is 16.3 Å². The third kappa shape index (κ3) is 4.15. The molecule has 0 radical (unpaired) electrons. The van der Waals surface area contributed by atoms with Gasteiger partial charge in [-0.05, 0) is 56.2 Å². The zero-order valence-electron chi connectivity index (χ0n) is 14.5. The van der Waals surface area contributed by atoms with Crippen LogP contribution < -0.4 is 10.6 Å². The first-order valence-electron chi connectivity index (χ1n) is 8.68. The van der Waals surface area contributed by atoms with Gasteiger partial charge in [0.2, 0.25) is 0 Å². The van der Waals surface area contributed by atoms with Gasteiger partial charge >= 0.3 is 12.0 Å². The van der Waals surface area contributed by atoms with Crippen LogP contribution in [0.5, 0.6) is 0 Å². The first-order valence-corrected chi connectivity index (χ1v) is 9.06. The maximum atomic E-state index is 12.8. The summed E-state index contributed by atoms with van der Waals surface area (Å²) in [5.41, 5.74) is 1.77. The molecule has 1 atom stereocenters. The summed E-state index contributed by atoms with van der Waals surface area (Å²) in [5, 5.41) is 6.08. The zero-order valence-corrected chi connectivity index (χ0v) is 15.2. The number of ether oxygens (including phenoxy) is 1. The van der Waals surface area contributed by atoms with E-state index in [9.17, 15) is 9.59 Å². The van der Waals surface area contributed by atoms with E-state index in [1.54, 1.807) is 31.2 Å². The Morgan fingerprint density at radius 3 is 2.44 bits per heavy atom. The molecule has 134 valence electrons. The van der Waals surface area contributed by atoms with E-state index in [2.05, 4.69) is 17.6 Å². The third-order valence-electron chi connectivity index (χ3n) is 4.93. The number of esters is 1. The molecular weight excluding hydrogens is 340 g/mol. The van der Waals surface area contributed by atoms with Crippen LogP contribution >= 0.6 is 11.6 Å². The van der Waals surface area contributed by atoms with Gasteiger partial charge < -0.3 is 15.4 Å². The minimum atomic E-state index is -0.541. The highest BCUT2D eigenvalue weighted by Gasteiger charge is 2.33. The Bertz CT molecular complexity index is 691. The van der Waals surface area contributed by atoms with Crippen molar-refractivity contribution in [3.8, 4) is 0 Å². The zero-order chi connectivity index (χ0) is 18.0. The van der Waals surface area contributed by atoms with Gasteiger partial charge in [-0.2, -0.15) is 0 Å². The Morgan fingerprint density at radius 1 is 1.16 bits per heavy atom. The lowest BCUT2D eigenvalue weighted by molar-refractivity contribution is -0.146. The molecule has 2 aliphatic rings. The van der Waals surface area contributed by atoms with Gasteiger partial charge in [-0.1, -0.05) is 30.7 Å². The van der Waals surface area contributed by atoms with Crippen LogP contribution in [-0.2, 0) is 9.53 Å².